The highest BCUT2D eigenvalue weighted by atomic mass is 19.4. The molecule has 2 aromatic carbocycles. The molecule has 2 N–H and O–H groups in total. The molecule has 0 spiro atoms. The summed E-state index contributed by atoms with van der Waals surface area (Å²) in [6.07, 6.45) is -1.68. The zero-order valence-electron chi connectivity index (χ0n) is 17.1. The third kappa shape index (κ3) is 7.10. The van der Waals surface area contributed by atoms with Crippen LogP contribution >= 0.6 is 0 Å². The number of nitrogens with one attached hydrogen (secondary N) is 2. The fourth-order valence-electron chi connectivity index (χ4n) is 3.62. The van der Waals surface area contributed by atoms with Gasteiger partial charge in [0.05, 0.1) is 5.56 Å². The lowest BCUT2D eigenvalue weighted by Gasteiger charge is -2.32. The number of likely N-dealkylation sites (tertiary alicyclic amines) is 1. The Hall–Kier alpha value is -2.87. The SMILES string of the molecule is O=C(NCC1CCN(CCc2ccccc2)CC1)C(=O)Nc1cccc(C(F)(F)F)c1. The summed E-state index contributed by atoms with van der Waals surface area (Å²) in [5.41, 5.74) is 0.357. The zero-order chi connectivity index (χ0) is 22.3. The summed E-state index contributed by atoms with van der Waals surface area (Å²) in [7, 11) is 0. The van der Waals surface area contributed by atoms with Gasteiger partial charge in [0.15, 0.2) is 0 Å². The van der Waals surface area contributed by atoms with Gasteiger partial charge in [-0.1, -0.05) is 36.4 Å². The van der Waals surface area contributed by atoms with Crippen molar-refractivity contribution in [3.05, 3.63) is 65.7 Å². The summed E-state index contributed by atoms with van der Waals surface area (Å²) in [5, 5.41) is 4.82. The van der Waals surface area contributed by atoms with E-state index in [1.807, 2.05) is 18.2 Å². The van der Waals surface area contributed by atoms with Crippen LogP contribution in [0.3, 0.4) is 0 Å². The van der Waals surface area contributed by atoms with Crippen molar-refractivity contribution in [2.45, 2.75) is 25.4 Å². The number of hydrogen-bond donors (Lipinski definition) is 2. The lowest BCUT2D eigenvalue weighted by atomic mass is 9.96. The monoisotopic (exact) mass is 433 g/mol. The van der Waals surface area contributed by atoms with E-state index in [-0.39, 0.29) is 11.6 Å². The standard InChI is InChI=1S/C23H26F3N3O2/c24-23(25,26)19-7-4-8-20(15-19)28-22(31)21(30)27-16-18-10-13-29(14-11-18)12-9-17-5-2-1-3-6-17/h1-8,15,18H,9-14,16H2,(H,27,30)(H,28,31). The highest BCUT2D eigenvalue weighted by Crippen LogP contribution is 2.30. The smallest absolute Gasteiger partial charge is 0.348 e. The highest BCUT2D eigenvalue weighted by Gasteiger charge is 2.30. The van der Waals surface area contributed by atoms with E-state index in [4.69, 9.17) is 0 Å². The molecule has 2 amide bonds. The number of amides is 2. The summed E-state index contributed by atoms with van der Waals surface area (Å²) in [5.74, 6) is -1.54. The van der Waals surface area contributed by atoms with E-state index in [1.165, 1.54) is 17.7 Å². The van der Waals surface area contributed by atoms with Crippen LogP contribution in [0.15, 0.2) is 54.6 Å². The molecule has 1 saturated heterocycles. The zero-order valence-corrected chi connectivity index (χ0v) is 17.1. The van der Waals surface area contributed by atoms with E-state index in [1.54, 1.807) is 0 Å². The van der Waals surface area contributed by atoms with Crippen LogP contribution in [0.5, 0.6) is 0 Å². The number of rotatable bonds is 6. The number of nitrogens with zero attached hydrogens (tertiary/aromatic N) is 1. The number of halogens is 3. The number of carbonyl (C=O) groups is 2. The molecule has 0 saturated carbocycles. The summed E-state index contributed by atoms with van der Waals surface area (Å²) in [6.45, 7) is 3.23. The van der Waals surface area contributed by atoms with Crippen LogP contribution in [0.1, 0.15) is 24.0 Å². The minimum atomic E-state index is -4.51. The molecule has 1 aliphatic rings. The second kappa shape index (κ2) is 10.4. The molecule has 0 atom stereocenters. The van der Waals surface area contributed by atoms with E-state index in [0.717, 1.165) is 51.0 Å². The summed E-state index contributed by atoms with van der Waals surface area (Å²) < 4.78 is 38.3. The minimum Gasteiger partial charge on any atom is -0.348 e. The molecule has 3 rings (SSSR count). The number of alkyl halides is 3. The van der Waals surface area contributed by atoms with E-state index in [0.29, 0.717) is 6.54 Å². The third-order valence-electron chi connectivity index (χ3n) is 5.47. The fraction of sp³-hybridized carbons (Fsp3) is 0.391. The van der Waals surface area contributed by atoms with Gasteiger partial charge in [0.2, 0.25) is 0 Å². The Bertz CT molecular complexity index is 879. The van der Waals surface area contributed by atoms with Gasteiger partial charge >= 0.3 is 18.0 Å². The normalized spacial score (nSPS) is 15.5. The first-order valence-corrected chi connectivity index (χ1v) is 10.3. The molecular formula is C23H26F3N3O2. The average Bonchev–Trinajstić information content (AvgIpc) is 2.77. The van der Waals surface area contributed by atoms with Crippen LogP contribution in [0, 0.1) is 5.92 Å². The largest absolute Gasteiger partial charge is 0.416 e. The number of anilines is 1. The van der Waals surface area contributed by atoms with E-state index >= 15 is 0 Å². The predicted octanol–water partition coefficient (Wildman–Crippen LogP) is 3.71. The third-order valence-corrected chi connectivity index (χ3v) is 5.47. The molecular weight excluding hydrogens is 407 g/mol. The van der Waals surface area contributed by atoms with Crippen LogP contribution in [-0.4, -0.2) is 42.9 Å². The lowest BCUT2D eigenvalue weighted by molar-refractivity contribution is -0.137. The maximum absolute atomic E-state index is 12.8. The molecule has 0 bridgehead atoms. The Labute approximate surface area is 179 Å². The van der Waals surface area contributed by atoms with Gasteiger partial charge < -0.3 is 15.5 Å². The Kier molecular flexibility index (Phi) is 7.68. The minimum absolute atomic E-state index is 0.0679. The second-order valence-corrected chi connectivity index (χ2v) is 7.76. The van der Waals surface area contributed by atoms with Gasteiger partial charge in [0, 0.05) is 18.8 Å². The molecule has 1 aliphatic heterocycles. The van der Waals surface area contributed by atoms with Gasteiger partial charge in [-0.05, 0) is 62.0 Å². The van der Waals surface area contributed by atoms with Crippen molar-refractivity contribution in [3.63, 3.8) is 0 Å². The van der Waals surface area contributed by atoms with Crippen molar-refractivity contribution in [3.8, 4) is 0 Å². The average molecular weight is 433 g/mol. The molecule has 1 heterocycles. The van der Waals surface area contributed by atoms with E-state index in [9.17, 15) is 22.8 Å². The first-order valence-electron chi connectivity index (χ1n) is 10.3. The highest BCUT2D eigenvalue weighted by molar-refractivity contribution is 6.39. The van der Waals surface area contributed by atoms with Gasteiger partial charge in [0.1, 0.15) is 0 Å². The molecule has 166 valence electrons. The molecule has 1 fully saturated rings. The van der Waals surface area contributed by atoms with E-state index in [2.05, 4.69) is 27.7 Å². The van der Waals surface area contributed by atoms with Crippen molar-refractivity contribution < 1.29 is 22.8 Å². The number of hydrogen-bond acceptors (Lipinski definition) is 3. The molecule has 31 heavy (non-hydrogen) atoms. The Morgan fingerprint density at radius 3 is 2.35 bits per heavy atom. The fourth-order valence-corrected chi connectivity index (χ4v) is 3.62. The Balaban J connectivity index is 1.37. The number of piperidine rings is 1. The van der Waals surface area contributed by atoms with Gasteiger partial charge in [-0.25, -0.2) is 0 Å². The first-order chi connectivity index (χ1) is 14.8. The molecule has 5 nitrogen and oxygen atoms in total. The van der Waals surface area contributed by atoms with E-state index < -0.39 is 23.6 Å². The maximum atomic E-state index is 12.8. The quantitative estimate of drug-likeness (QED) is 0.683. The topological polar surface area (TPSA) is 61.4 Å². The molecule has 0 radical (unpaired) electrons. The summed E-state index contributed by atoms with van der Waals surface area (Å²) in [4.78, 5) is 26.4. The second-order valence-electron chi connectivity index (χ2n) is 7.76. The van der Waals surface area contributed by atoms with Crippen LogP contribution in [0.25, 0.3) is 0 Å². The molecule has 0 aromatic heterocycles. The van der Waals surface area contributed by atoms with Crippen molar-refractivity contribution in [1.29, 1.82) is 0 Å². The maximum Gasteiger partial charge on any atom is 0.416 e. The molecule has 2 aromatic rings. The first kappa shape index (κ1) is 22.8. The van der Waals surface area contributed by atoms with Gasteiger partial charge in [-0.2, -0.15) is 13.2 Å². The van der Waals surface area contributed by atoms with Crippen LogP contribution in [-0.2, 0) is 22.2 Å². The number of benzene rings is 2. The Morgan fingerprint density at radius 1 is 0.968 bits per heavy atom. The number of carbonyl (C=O) groups excluding carboxylic acids is 2. The summed E-state index contributed by atoms with van der Waals surface area (Å²) >= 11 is 0. The molecule has 0 unspecified atom stereocenters. The Morgan fingerprint density at radius 2 is 1.68 bits per heavy atom. The van der Waals surface area contributed by atoms with Crippen LogP contribution in [0.2, 0.25) is 0 Å². The van der Waals surface area contributed by atoms with Gasteiger partial charge in [0.25, 0.3) is 0 Å². The van der Waals surface area contributed by atoms with Crippen molar-refractivity contribution in [2.24, 2.45) is 5.92 Å². The molecule has 0 aliphatic carbocycles. The van der Waals surface area contributed by atoms with Crippen molar-refractivity contribution in [1.82, 2.24) is 10.2 Å². The molecule has 8 heteroatoms. The van der Waals surface area contributed by atoms with Gasteiger partial charge in [-0.3, -0.25) is 9.59 Å². The van der Waals surface area contributed by atoms with Crippen LogP contribution in [0.4, 0.5) is 18.9 Å². The van der Waals surface area contributed by atoms with Crippen LogP contribution < -0.4 is 10.6 Å². The summed E-state index contributed by atoms with van der Waals surface area (Å²) in [6, 6.07) is 14.5. The lowest BCUT2D eigenvalue weighted by Crippen LogP contribution is -2.42. The van der Waals surface area contributed by atoms with Crippen molar-refractivity contribution in [2.75, 3.05) is 31.5 Å². The van der Waals surface area contributed by atoms with Gasteiger partial charge in [-0.15, -0.1) is 0 Å². The predicted molar refractivity (Wildman–Crippen MR) is 112 cm³/mol. The van der Waals surface area contributed by atoms with Crippen molar-refractivity contribution >= 4 is 17.5 Å².